The van der Waals surface area contributed by atoms with Crippen LogP contribution >= 0.6 is 11.3 Å². The van der Waals surface area contributed by atoms with Crippen molar-refractivity contribution < 1.29 is 4.74 Å². The first-order chi connectivity index (χ1) is 8.38. The Morgan fingerprint density at radius 3 is 3.06 bits per heavy atom. The van der Waals surface area contributed by atoms with Crippen LogP contribution < -0.4 is 10.1 Å². The minimum atomic E-state index is 0.600. The van der Waals surface area contributed by atoms with Crippen molar-refractivity contribution in [3.05, 3.63) is 29.0 Å². The van der Waals surface area contributed by atoms with Crippen molar-refractivity contribution in [2.45, 2.75) is 19.9 Å². The number of aromatic nitrogens is 3. The highest BCUT2D eigenvalue weighted by Gasteiger charge is 2.00. The van der Waals surface area contributed by atoms with Gasteiger partial charge in [0.15, 0.2) is 0 Å². The average Bonchev–Trinajstić information content (AvgIpc) is 2.87. The zero-order chi connectivity index (χ0) is 11.9. The zero-order valence-corrected chi connectivity index (χ0v) is 10.4. The Balaban J connectivity index is 1.91. The molecule has 0 aliphatic rings. The van der Waals surface area contributed by atoms with Crippen LogP contribution in [-0.2, 0) is 6.54 Å². The molecule has 6 heteroatoms. The first-order valence-electron chi connectivity index (χ1n) is 5.45. The molecule has 0 bridgehead atoms. The second-order valence-electron chi connectivity index (χ2n) is 3.37. The lowest BCUT2D eigenvalue weighted by Crippen LogP contribution is -2.03. The molecule has 5 nitrogen and oxygen atoms in total. The van der Waals surface area contributed by atoms with E-state index in [-0.39, 0.29) is 0 Å². The number of hydrogen-bond donors (Lipinski definition) is 1. The number of ether oxygens (including phenoxy) is 1. The highest BCUT2D eigenvalue weighted by atomic mass is 32.1. The Hall–Kier alpha value is -1.69. The number of nitrogens with one attached hydrogen (secondary N) is 1. The predicted molar refractivity (Wildman–Crippen MR) is 67.3 cm³/mol. The number of anilines is 1. The van der Waals surface area contributed by atoms with Gasteiger partial charge in [-0.2, -0.15) is 0 Å². The van der Waals surface area contributed by atoms with Crippen LogP contribution in [0.5, 0.6) is 5.88 Å². The quantitative estimate of drug-likeness (QED) is 0.852. The number of thiazole rings is 1. The van der Waals surface area contributed by atoms with Crippen molar-refractivity contribution in [3.8, 4) is 5.88 Å². The van der Waals surface area contributed by atoms with Crippen molar-refractivity contribution in [1.29, 1.82) is 0 Å². The zero-order valence-electron chi connectivity index (χ0n) is 9.59. The molecule has 0 aliphatic heterocycles. The van der Waals surface area contributed by atoms with Gasteiger partial charge in [-0.25, -0.2) is 15.0 Å². The largest absolute Gasteiger partial charge is 0.478 e. The Labute approximate surface area is 104 Å². The third kappa shape index (κ3) is 3.67. The highest BCUT2D eigenvalue weighted by Crippen LogP contribution is 2.13. The van der Waals surface area contributed by atoms with Crippen LogP contribution in [0.25, 0.3) is 0 Å². The molecule has 2 rings (SSSR count). The molecule has 0 aliphatic carbocycles. The molecule has 1 N–H and O–H groups in total. The molecule has 0 aromatic carbocycles. The summed E-state index contributed by atoms with van der Waals surface area (Å²) < 4.78 is 5.43. The van der Waals surface area contributed by atoms with Crippen LogP contribution in [0.15, 0.2) is 24.0 Å². The minimum Gasteiger partial charge on any atom is -0.478 e. The van der Waals surface area contributed by atoms with E-state index in [2.05, 4.69) is 27.2 Å². The van der Waals surface area contributed by atoms with Gasteiger partial charge in [-0.3, -0.25) is 0 Å². The van der Waals surface area contributed by atoms with Gasteiger partial charge in [0.1, 0.15) is 17.2 Å². The fraction of sp³-hybridized carbons (Fsp3) is 0.364. The lowest BCUT2D eigenvalue weighted by Gasteiger charge is -2.06. The van der Waals surface area contributed by atoms with E-state index in [9.17, 15) is 0 Å². The Morgan fingerprint density at radius 2 is 2.29 bits per heavy atom. The fourth-order valence-electron chi connectivity index (χ4n) is 1.23. The second kappa shape index (κ2) is 6.15. The summed E-state index contributed by atoms with van der Waals surface area (Å²) in [7, 11) is 0. The molecule has 0 radical (unpaired) electrons. The number of nitrogens with zero attached hydrogens (tertiary/aromatic N) is 3. The van der Waals surface area contributed by atoms with E-state index >= 15 is 0 Å². The summed E-state index contributed by atoms with van der Waals surface area (Å²) in [6, 6.07) is 1.79. The minimum absolute atomic E-state index is 0.600. The summed E-state index contributed by atoms with van der Waals surface area (Å²) >= 11 is 1.61. The Kier molecular flexibility index (Phi) is 4.26. The highest BCUT2D eigenvalue weighted by molar-refractivity contribution is 7.09. The van der Waals surface area contributed by atoms with E-state index in [4.69, 9.17) is 4.74 Å². The van der Waals surface area contributed by atoms with E-state index in [0.717, 1.165) is 17.2 Å². The van der Waals surface area contributed by atoms with Gasteiger partial charge < -0.3 is 10.1 Å². The van der Waals surface area contributed by atoms with E-state index in [0.29, 0.717) is 19.0 Å². The monoisotopic (exact) mass is 250 g/mol. The molecule has 2 heterocycles. The first-order valence-corrected chi connectivity index (χ1v) is 6.33. The van der Waals surface area contributed by atoms with Crippen molar-refractivity contribution in [2.75, 3.05) is 11.9 Å². The summed E-state index contributed by atoms with van der Waals surface area (Å²) in [6.45, 7) is 3.40. The summed E-state index contributed by atoms with van der Waals surface area (Å²) in [5, 5.41) is 6.16. The third-order valence-corrected chi connectivity index (χ3v) is 2.78. The maximum atomic E-state index is 5.43. The normalized spacial score (nSPS) is 10.2. The van der Waals surface area contributed by atoms with Gasteiger partial charge in [-0.1, -0.05) is 6.92 Å². The Bertz CT molecular complexity index is 446. The molecule has 0 saturated carbocycles. The van der Waals surface area contributed by atoms with E-state index < -0.39 is 0 Å². The smallest absolute Gasteiger partial charge is 0.218 e. The van der Waals surface area contributed by atoms with E-state index in [1.807, 2.05) is 5.38 Å². The van der Waals surface area contributed by atoms with Crippen molar-refractivity contribution >= 4 is 17.2 Å². The lowest BCUT2D eigenvalue weighted by molar-refractivity contribution is 0.305. The predicted octanol–water partition coefficient (Wildman–Crippen LogP) is 2.33. The van der Waals surface area contributed by atoms with Crippen LogP contribution in [0, 0.1) is 0 Å². The SMILES string of the molecule is CCCOc1cc(NCc2nccs2)ncn1. The van der Waals surface area contributed by atoms with E-state index in [1.54, 1.807) is 23.6 Å². The van der Waals surface area contributed by atoms with Gasteiger partial charge in [0.2, 0.25) is 5.88 Å². The van der Waals surface area contributed by atoms with Crippen molar-refractivity contribution in [2.24, 2.45) is 0 Å². The van der Waals surface area contributed by atoms with Gasteiger partial charge >= 0.3 is 0 Å². The third-order valence-electron chi connectivity index (χ3n) is 2.00. The summed E-state index contributed by atoms with van der Waals surface area (Å²) in [4.78, 5) is 12.3. The van der Waals surface area contributed by atoms with Gasteiger partial charge in [0.05, 0.1) is 13.2 Å². The maximum Gasteiger partial charge on any atom is 0.218 e. The molecule has 90 valence electrons. The second-order valence-corrected chi connectivity index (χ2v) is 4.35. The van der Waals surface area contributed by atoms with Gasteiger partial charge in [0.25, 0.3) is 0 Å². The van der Waals surface area contributed by atoms with E-state index in [1.165, 1.54) is 6.33 Å². The fourth-order valence-corrected chi connectivity index (χ4v) is 1.78. The molecule has 2 aromatic heterocycles. The van der Waals surface area contributed by atoms with Crippen LogP contribution in [0.1, 0.15) is 18.4 Å². The average molecular weight is 250 g/mol. The van der Waals surface area contributed by atoms with Crippen LogP contribution in [0.2, 0.25) is 0 Å². The standard InChI is InChI=1S/C11H14N4OS/c1-2-4-16-10-6-9(14-8-15-10)13-7-11-12-3-5-17-11/h3,5-6,8H,2,4,7H2,1H3,(H,13,14,15). The molecule has 0 spiro atoms. The molecule has 17 heavy (non-hydrogen) atoms. The summed E-state index contributed by atoms with van der Waals surface area (Å²) in [5.74, 6) is 1.35. The number of rotatable bonds is 6. The summed E-state index contributed by atoms with van der Waals surface area (Å²) in [6.07, 6.45) is 4.25. The van der Waals surface area contributed by atoms with Gasteiger partial charge in [-0.15, -0.1) is 11.3 Å². The molecule has 0 saturated heterocycles. The van der Waals surface area contributed by atoms with Crippen LogP contribution in [0.3, 0.4) is 0 Å². The topological polar surface area (TPSA) is 59.9 Å². The molecule has 0 atom stereocenters. The van der Waals surface area contributed by atoms with Crippen molar-refractivity contribution in [1.82, 2.24) is 15.0 Å². The molecule has 2 aromatic rings. The Morgan fingerprint density at radius 1 is 1.35 bits per heavy atom. The van der Waals surface area contributed by atoms with Gasteiger partial charge in [0, 0.05) is 17.6 Å². The lowest BCUT2D eigenvalue weighted by atomic mass is 10.5. The van der Waals surface area contributed by atoms with Crippen molar-refractivity contribution in [3.63, 3.8) is 0 Å². The molecular weight excluding hydrogens is 236 g/mol. The molecule has 0 fully saturated rings. The molecule has 0 amide bonds. The number of hydrogen-bond acceptors (Lipinski definition) is 6. The van der Waals surface area contributed by atoms with Crippen LogP contribution in [0.4, 0.5) is 5.82 Å². The van der Waals surface area contributed by atoms with Crippen LogP contribution in [-0.4, -0.2) is 21.6 Å². The van der Waals surface area contributed by atoms with Gasteiger partial charge in [-0.05, 0) is 6.42 Å². The first kappa shape index (κ1) is 11.8. The molecule has 0 unspecified atom stereocenters. The molecular formula is C11H14N4OS. The summed E-state index contributed by atoms with van der Waals surface area (Å²) in [5.41, 5.74) is 0. The maximum absolute atomic E-state index is 5.43.